The van der Waals surface area contributed by atoms with Crippen molar-refractivity contribution in [3.8, 4) is 5.75 Å². The van der Waals surface area contributed by atoms with Gasteiger partial charge in [0.2, 0.25) is 0 Å². The molecule has 15 heteroatoms. The number of ether oxygens (including phenoxy) is 3. The van der Waals surface area contributed by atoms with Gasteiger partial charge in [0.15, 0.2) is 25.5 Å². The lowest BCUT2D eigenvalue weighted by Gasteiger charge is -2.65. The third-order valence-electron chi connectivity index (χ3n) is 13.3. The number of hydrogen-bond donors (Lipinski definition) is 3. The summed E-state index contributed by atoms with van der Waals surface area (Å²) in [5, 5.41) is 37.0. The number of aliphatic hydroxyl groups excluding tert-OH is 1. The predicted octanol–water partition coefficient (Wildman–Crippen LogP) is 4.61. The van der Waals surface area contributed by atoms with Gasteiger partial charge in [-0.25, -0.2) is 4.79 Å². The molecule has 0 spiro atoms. The standard InChI is InChI=1S/C41H58O13SSi/c1-37(2,3)56(9,10)54-30-22-31(53-55(8,48)49)40(46,24-42)33-35(52-36(45)26-14-12-11-13-15-26)41(47)29(43)21-20-28(38(41,4)5)32(34(44)39(30,33)6)51-23-25-16-18-27(50-7)19-17-25/h11-19,28,30-33,35,42,46-47H,20-24H2,1-10H3/t28-,30+,31+,32-,33+,35+,39-,40+,41-/m1/s1. The molecule has 0 saturated heterocycles. The number of methoxy groups -OCH3 is 1. The Hall–Kier alpha value is -3.02. The summed E-state index contributed by atoms with van der Waals surface area (Å²) in [7, 11) is -5.73. The normalized spacial score (nSPS) is 33.5. The molecule has 13 nitrogen and oxygen atoms in total. The van der Waals surface area contributed by atoms with Gasteiger partial charge >= 0.3 is 5.97 Å². The lowest BCUT2D eigenvalue weighted by Crippen LogP contribution is -2.80. The van der Waals surface area contributed by atoms with Crippen molar-refractivity contribution in [2.45, 2.75) is 121 Å². The first-order valence-electron chi connectivity index (χ1n) is 19.0. The topological polar surface area (TPSA) is 192 Å². The molecule has 0 aromatic heterocycles. The highest BCUT2D eigenvalue weighted by atomic mass is 32.2. The van der Waals surface area contributed by atoms with Crippen LogP contribution in [0, 0.1) is 22.7 Å². The zero-order valence-electron chi connectivity index (χ0n) is 34.0. The molecule has 56 heavy (non-hydrogen) atoms. The highest BCUT2D eigenvalue weighted by Gasteiger charge is 2.77. The van der Waals surface area contributed by atoms with Gasteiger partial charge in [-0.2, -0.15) is 8.42 Å². The monoisotopic (exact) mass is 818 g/mol. The van der Waals surface area contributed by atoms with Crippen LogP contribution in [-0.2, 0) is 44.4 Å². The van der Waals surface area contributed by atoms with E-state index in [-0.39, 0.29) is 25.0 Å². The highest BCUT2D eigenvalue weighted by molar-refractivity contribution is 7.86. The van der Waals surface area contributed by atoms with Gasteiger partial charge in [0, 0.05) is 30.1 Å². The van der Waals surface area contributed by atoms with E-state index < -0.39 is 112 Å². The van der Waals surface area contributed by atoms with Gasteiger partial charge in [-0.05, 0) is 61.3 Å². The van der Waals surface area contributed by atoms with Crippen molar-refractivity contribution in [3.05, 3.63) is 65.7 Å². The summed E-state index contributed by atoms with van der Waals surface area (Å²) in [4.78, 5) is 44.6. The summed E-state index contributed by atoms with van der Waals surface area (Å²) >= 11 is 0. The second-order valence-corrected chi connectivity index (χ2v) is 24.4. The number of carbonyl (C=O) groups excluding carboxylic acids is 3. The lowest BCUT2D eigenvalue weighted by molar-refractivity contribution is -0.287. The fraction of sp³-hybridized carbons (Fsp3) is 0.634. The van der Waals surface area contributed by atoms with E-state index in [9.17, 15) is 33.3 Å². The zero-order chi connectivity index (χ0) is 41.9. The molecule has 0 radical (unpaired) electrons. The number of aliphatic hydroxyl groups is 3. The summed E-state index contributed by atoms with van der Waals surface area (Å²) in [6, 6.07) is 14.9. The van der Waals surface area contributed by atoms with Gasteiger partial charge in [0.05, 0.1) is 43.7 Å². The van der Waals surface area contributed by atoms with E-state index in [4.69, 9.17) is 22.8 Å². The second-order valence-electron chi connectivity index (χ2n) is 18.0. The number of benzene rings is 2. The van der Waals surface area contributed by atoms with Crippen molar-refractivity contribution in [3.63, 3.8) is 0 Å². The van der Waals surface area contributed by atoms with Gasteiger partial charge in [-0.3, -0.25) is 13.8 Å². The van der Waals surface area contributed by atoms with Gasteiger partial charge < -0.3 is 34.0 Å². The molecule has 0 unspecified atom stereocenters. The molecule has 5 rings (SSSR count). The summed E-state index contributed by atoms with van der Waals surface area (Å²) in [6.07, 6.45) is -6.13. The largest absolute Gasteiger partial charge is 0.497 e. The Balaban J connectivity index is 1.84. The summed E-state index contributed by atoms with van der Waals surface area (Å²) in [5.41, 5.74) is -8.20. The molecular formula is C41H58O13SSi. The number of hydrogen-bond acceptors (Lipinski definition) is 13. The van der Waals surface area contributed by atoms with Crippen LogP contribution >= 0.6 is 0 Å². The van der Waals surface area contributed by atoms with Crippen LogP contribution in [-0.4, -0.2) is 105 Å². The molecule has 0 aliphatic heterocycles. The Morgan fingerprint density at radius 3 is 2.11 bits per heavy atom. The van der Waals surface area contributed by atoms with E-state index in [2.05, 4.69) is 0 Å². The average Bonchev–Trinajstić information content (AvgIpc) is 3.12. The van der Waals surface area contributed by atoms with Crippen LogP contribution < -0.4 is 4.74 Å². The summed E-state index contributed by atoms with van der Waals surface area (Å²) in [6.45, 7) is 13.2. The van der Waals surface area contributed by atoms with Crippen LogP contribution in [0.3, 0.4) is 0 Å². The Labute approximate surface area is 331 Å². The van der Waals surface area contributed by atoms with Crippen LogP contribution in [0.15, 0.2) is 54.6 Å². The van der Waals surface area contributed by atoms with E-state index in [1.54, 1.807) is 63.4 Å². The molecule has 310 valence electrons. The van der Waals surface area contributed by atoms with Crippen LogP contribution in [0.1, 0.15) is 76.7 Å². The number of Topliss-reactive ketones (excluding diaryl/α,β-unsaturated/α-hetero) is 2. The van der Waals surface area contributed by atoms with Crippen LogP contribution in [0.4, 0.5) is 0 Å². The Kier molecular flexibility index (Phi) is 12.0. The van der Waals surface area contributed by atoms with E-state index in [1.807, 2.05) is 33.9 Å². The van der Waals surface area contributed by atoms with E-state index in [0.29, 0.717) is 11.3 Å². The summed E-state index contributed by atoms with van der Waals surface area (Å²) < 4.78 is 56.6. The lowest BCUT2D eigenvalue weighted by atomic mass is 9.44. The van der Waals surface area contributed by atoms with Crippen LogP contribution in [0.25, 0.3) is 0 Å². The first kappa shape index (κ1) is 44.1. The molecule has 2 aromatic carbocycles. The molecule has 3 aliphatic rings. The zero-order valence-corrected chi connectivity index (χ0v) is 35.8. The third-order valence-corrected chi connectivity index (χ3v) is 18.4. The van der Waals surface area contributed by atoms with Crippen LogP contribution in [0.2, 0.25) is 18.1 Å². The average molecular weight is 819 g/mol. The third kappa shape index (κ3) is 7.54. The smallest absolute Gasteiger partial charge is 0.338 e. The van der Waals surface area contributed by atoms with Crippen LogP contribution in [0.5, 0.6) is 5.75 Å². The number of rotatable bonds is 11. The SMILES string of the molecule is COc1ccc(CO[C@H]2C(=O)[C@]3(C)[C@@H](O[Si](C)(C)C(C)(C)C)C[C@H](OS(C)(=O)=O)[C@@](O)(CO)[C@H]3[C@H](OC(=O)c3ccccc3)[C@]3(O)C(=O)CC[C@H]2C3(C)C)cc1. The van der Waals surface area contributed by atoms with Crippen molar-refractivity contribution in [1.82, 2.24) is 0 Å². The van der Waals surface area contributed by atoms with Crippen molar-refractivity contribution < 1.29 is 60.9 Å². The Bertz CT molecular complexity index is 1890. The van der Waals surface area contributed by atoms with E-state index >= 15 is 4.79 Å². The number of carbonyl (C=O) groups is 3. The minimum Gasteiger partial charge on any atom is -0.497 e. The first-order chi connectivity index (χ1) is 25.8. The van der Waals surface area contributed by atoms with Crippen molar-refractivity contribution in [1.29, 1.82) is 0 Å². The molecule has 3 aliphatic carbocycles. The molecule has 3 saturated carbocycles. The first-order valence-corrected chi connectivity index (χ1v) is 23.7. The molecule has 0 heterocycles. The minimum absolute atomic E-state index is 0.0471. The number of esters is 1. The van der Waals surface area contributed by atoms with Crippen molar-refractivity contribution in [2.24, 2.45) is 22.7 Å². The number of fused-ring (bicyclic) bond motifs is 3. The Morgan fingerprint density at radius 1 is 0.964 bits per heavy atom. The fourth-order valence-electron chi connectivity index (χ4n) is 8.96. The molecule has 0 amide bonds. The molecule has 3 fully saturated rings. The van der Waals surface area contributed by atoms with Gasteiger partial charge in [-0.15, -0.1) is 0 Å². The molecule has 3 N–H and O–H groups in total. The molecule has 9 atom stereocenters. The summed E-state index contributed by atoms with van der Waals surface area (Å²) in [5.74, 6) is -4.41. The predicted molar refractivity (Wildman–Crippen MR) is 209 cm³/mol. The minimum atomic E-state index is -4.36. The van der Waals surface area contributed by atoms with E-state index in [1.165, 1.54) is 19.1 Å². The maximum absolute atomic E-state index is 15.9. The van der Waals surface area contributed by atoms with Gasteiger partial charge in [0.25, 0.3) is 10.1 Å². The van der Waals surface area contributed by atoms with Gasteiger partial charge in [-0.1, -0.05) is 65.0 Å². The van der Waals surface area contributed by atoms with Crippen molar-refractivity contribution in [2.75, 3.05) is 20.0 Å². The quantitative estimate of drug-likeness (QED) is 0.162. The highest BCUT2D eigenvalue weighted by Crippen LogP contribution is 2.62. The number of ketones is 2. The Morgan fingerprint density at radius 2 is 1.57 bits per heavy atom. The maximum Gasteiger partial charge on any atom is 0.338 e. The maximum atomic E-state index is 15.9. The van der Waals surface area contributed by atoms with E-state index in [0.717, 1.165) is 6.26 Å². The molecular weight excluding hydrogens is 761 g/mol. The molecule has 2 aromatic rings. The second kappa shape index (κ2) is 15.3. The molecule has 2 bridgehead atoms. The van der Waals surface area contributed by atoms with Crippen molar-refractivity contribution >= 4 is 36.0 Å². The van der Waals surface area contributed by atoms with Gasteiger partial charge in [0.1, 0.15) is 29.7 Å². The fourth-order valence-corrected chi connectivity index (χ4v) is 11.0.